The molecule has 7 nitrogen and oxygen atoms in total. The minimum atomic E-state index is -1.02. The van der Waals surface area contributed by atoms with Crippen molar-refractivity contribution < 1.29 is 24.5 Å². The van der Waals surface area contributed by atoms with Gasteiger partial charge in [0.2, 0.25) is 0 Å². The zero-order valence-corrected chi connectivity index (χ0v) is 23.3. The van der Waals surface area contributed by atoms with Gasteiger partial charge in [-0.05, 0) is 98.0 Å². The number of carboxylic acids is 1. The Balaban J connectivity index is 1.86. The maximum absolute atomic E-state index is 12.6. The molecule has 4 aliphatic carbocycles. The first-order valence-corrected chi connectivity index (χ1v) is 13.8. The van der Waals surface area contributed by atoms with Gasteiger partial charge in [-0.25, -0.2) is 4.79 Å². The molecule has 6 N–H and O–H groups in total. The second kappa shape index (κ2) is 9.65. The number of ether oxygens (including phenoxy) is 1. The normalized spacial score (nSPS) is 46.5. The van der Waals surface area contributed by atoms with Crippen molar-refractivity contribution in [2.24, 2.45) is 45.5 Å². The number of carboxylic acid groups (broad SMARTS) is 1. The van der Waals surface area contributed by atoms with E-state index in [0.717, 1.165) is 24.8 Å². The summed E-state index contributed by atoms with van der Waals surface area (Å²) in [5.74, 6) is -1.16. The zero-order valence-electron chi connectivity index (χ0n) is 23.3. The van der Waals surface area contributed by atoms with Crippen LogP contribution in [0.25, 0.3) is 0 Å². The smallest absolute Gasteiger partial charge is 0.335 e. The summed E-state index contributed by atoms with van der Waals surface area (Å²) >= 11 is 0. The van der Waals surface area contributed by atoms with Crippen LogP contribution in [0.15, 0.2) is 34.9 Å². The third-order valence-electron chi connectivity index (χ3n) is 11.0. The number of rotatable bonds is 4. The molecular weight excluding hydrogens is 468 g/mol. The number of hydrogen-bond donors (Lipinski definition) is 4. The van der Waals surface area contributed by atoms with Gasteiger partial charge in [0.25, 0.3) is 0 Å². The van der Waals surface area contributed by atoms with Crippen LogP contribution in [-0.2, 0) is 14.3 Å². The second-order valence-corrected chi connectivity index (χ2v) is 13.2. The molecule has 0 amide bonds. The highest BCUT2D eigenvalue weighted by Gasteiger charge is 2.70. The number of aliphatic hydroxyl groups excluding tert-OH is 1. The van der Waals surface area contributed by atoms with Crippen LogP contribution in [-0.4, -0.2) is 46.4 Å². The quantitative estimate of drug-likeness (QED) is 0.252. The van der Waals surface area contributed by atoms with Crippen molar-refractivity contribution in [3.05, 3.63) is 34.9 Å². The van der Waals surface area contributed by atoms with Crippen LogP contribution in [0.5, 0.6) is 0 Å². The zero-order chi connectivity index (χ0) is 27.5. The van der Waals surface area contributed by atoms with Crippen LogP contribution in [0.4, 0.5) is 0 Å². The third kappa shape index (κ3) is 4.31. The molecule has 0 aliphatic heterocycles. The number of carbonyl (C=O) groups is 2. The SMILES string of the molecule is CC(=O)O[C@H]1C[C@@]2(C)C(C[C@@H](N)[C@H]3[C@@]4(C)CC[C@@H](O)[C@@H](N)[C@@H]4CC[C@@]32C)/C1=C(\C=C/C=C(C)C)C(=O)O. The van der Waals surface area contributed by atoms with Crippen LogP contribution in [0.3, 0.4) is 0 Å². The summed E-state index contributed by atoms with van der Waals surface area (Å²) in [6.45, 7) is 12.2. The van der Waals surface area contributed by atoms with E-state index in [1.165, 1.54) is 6.92 Å². The average molecular weight is 515 g/mol. The van der Waals surface area contributed by atoms with Crippen LogP contribution in [0.1, 0.15) is 80.1 Å². The lowest BCUT2D eigenvalue weighted by atomic mass is 9.36. The molecule has 4 fully saturated rings. The van der Waals surface area contributed by atoms with Gasteiger partial charge in [-0.3, -0.25) is 4.79 Å². The summed E-state index contributed by atoms with van der Waals surface area (Å²) in [6, 6.07) is -0.408. The molecule has 0 aromatic heterocycles. The van der Waals surface area contributed by atoms with Gasteiger partial charge in [-0.1, -0.05) is 38.5 Å². The Labute approximate surface area is 221 Å². The molecule has 0 radical (unpaired) electrons. The van der Waals surface area contributed by atoms with E-state index in [1.54, 1.807) is 12.2 Å². The standard InChI is InChI=1S/C30H46N2O5/c1-16(2)8-7-9-18(27(35)36)24-20-14-21(31)26-28(4)12-11-22(34)25(32)19(28)10-13-29(26,5)30(20,6)15-23(24)37-17(3)33/h7-9,19-23,25-26,34H,10-15,31-32H2,1-6H3,(H,35,36)/b9-7-,24-18-/t19-,20?,21+,22+,23-,25-,26-,28-,29-,30-/m0/s1. The second-order valence-electron chi connectivity index (χ2n) is 13.2. The minimum Gasteiger partial charge on any atom is -0.478 e. The molecule has 0 aromatic carbocycles. The van der Waals surface area contributed by atoms with E-state index in [-0.39, 0.29) is 51.7 Å². The van der Waals surface area contributed by atoms with E-state index in [2.05, 4.69) is 20.8 Å². The van der Waals surface area contributed by atoms with Gasteiger partial charge in [-0.15, -0.1) is 0 Å². The third-order valence-corrected chi connectivity index (χ3v) is 11.0. The highest BCUT2D eigenvalue weighted by atomic mass is 16.5. The average Bonchev–Trinajstić information content (AvgIpc) is 3.05. The first-order valence-electron chi connectivity index (χ1n) is 13.8. The number of hydrogen-bond acceptors (Lipinski definition) is 6. The fraction of sp³-hybridized carbons (Fsp3) is 0.733. The number of aliphatic hydroxyl groups is 1. The first-order chi connectivity index (χ1) is 17.2. The molecule has 4 rings (SSSR count). The predicted molar refractivity (Wildman–Crippen MR) is 143 cm³/mol. The van der Waals surface area contributed by atoms with Gasteiger partial charge in [-0.2, -0.15) is 0 Å². The van der Waals surface area contributed by atoms with E-state index < -0.39 is 24.1 Å². The summed E-state index contributed by atoms with van der Waals surface area (Å²) in [5, 5.41) is 20.9. The molecule has 10 atom stereocenters. The lowest BCUT2D eigenvalue weighted by molar-refractivity contribution is -0.196. The van der Waals surface area contributed by atoms with Gasteiger partial charge in [0, 0.05) is 19.0 Å². The van der Waals surface area contributed by atoms with Gasteiger partial charge in [0.05, 0.1) is 11.7 Å². The van der Waals surface area contributed by atoms with Crippen LogP contribution in [0, 0.1) is 34.0 Å². The molecular formula is C30H46N2O5. The topological polar surface area (TPSA) is 136 Å². The fourth-order valence-corrected chi connectivity index (χ4v) is 9.32. The maximum atomic E-state index is 12.6. The number of fused-ring (bicyclic) bond motifs is 5. The van der Waals surface area contributed by atoms with Crippen LogP contribution in [0.2, 0.25) is 0 Å². The van der Waals surface area contributed by atoms with Crippen LogP contribution < -0.4 is 11.5 Å². The largest absolute Gasteiger partial charge is 0.478 e. The molecule has 37 heavy (non-hydrogen) atoms. The van der Waals surface area contributed by atoms with Crippen molar-refractivity contribution in [1.29, 1.82) is 0 Å². The molecule has 4 saturated carbocycles. The van der Waals surface area contributed by atoms with Crippen molar-refractivity contribution in [2.45, 2.75) is 104 Å². The molecule has 0 spiro atoms. The summed E-state index contributed by atoms with van der Waals surface area (Å²) in [7, 11) is 0. The summed E-state index contributed by atoms with van der Waals surface area (Å²) < 4.78 is 5.86. The maximum Gasteiger partial charge on any atom is 0.335 e. The molecule has 4 aliphatic rings. The Morgan fingerprint density at radius 3 is 2.32 bits per heavy atom. The van der Waals surface area contributed by atoms with E-state index in [9.17, 15) is 19.8 Å². The van der Waals surface area contributed by atoms with Gasteiger partial charge in [0.15, 0.2) is 0 Å². The summed E-state index contributed by atoms with van der Waals surface area (Å²) in [4.78, 5) is 24.8. The first kappa shape index (κ1) is 28.1. The molecule has 0 aromatic rings. The number of aliphatic carboxylic acids is 1. The summed E-state index contributed by atoms with van der Waals surface area (Å²) in [6.07, 6.45) is 8.78. The van der Waals surface area contributed by atoms with Gasteiger partial charge < -0.3 is 26.4 Å². The lowest BCUT2D eigenvalue weighted by Gasteiger charge is -2.69. The number of carbonyl (C=O) groups excluding carboxylic acids is 1. The number of allylic oxidation sites excluding steroid dienone is 3. The Kier molecular flexibility index (Phi) is 7.32. The molecule has 206 valence electrons. The van der Waals surface area contributed by atoms with E-state index in [1.807, 2.05) is 19.9 Å². The molecule has 0 heterocycles. The Morgan fingerprint density at radius 1 is 1.05 bits per heavy atom. The highest BCUT2D eigenvalue weighted by molar-refractivity contribution is 5.91. The minimum absolute atomic E-state index is 0.110. The molecule has 1 unspecified atom stereocenters. The fourth-order valence-electron chi connectivity index (χ4n) is 9.32. The summed E-state index contributed by atoms with van der Waals surface area (Å²) in [5.41, 5.74) is 15.0. The number of nitrogens with two attached hydrogens (primary N) is 2. The van der Waals surface area contributed by atoms with Crippen molar-refractivity contribution in [1.82, 2.24) is 0 Å². The van der Waals surface area contributed by atoms with Gasteiger partial charge >= 0.3 is 11.9 Å². The molecule has 7 heteroatoms. The predicted octanol–water partition coefficient (Wildman–Crippen LogP) is 4.10. The van der Waals surface area contributed by atoms with Crippen molar-refractivity contribution in [3.8, 4) is 0 Å². The van der Waals surface area contributed by atoms with E-state index >= 15 is 0 Å². The van der Waals surface area contributed by atoms with Crippen molar-refractivity contribution in [3.63, 3.8) is 0 Å². The van der Waals surface area contributed by atoms with Crippen molar-refractivity contribution in [2.75, 3.05) is 0 Å². The van der Waals surface area contributed by atoms with E-state index in [4.69, 9.17) is 16.2 Å². The van der Waals surface area contributed by atoms with Gasteiger partial charge in [0.1, 0.15) is 6.10 Å². The Hall–Kier alpha value is -1.96. The Bertz CT molecular complexity index is 1040. The Morgan fingerprint density at radius 2 is 1.73 bits per heavy atom. The monoisotopic (exact) mass is 514 g/mol. The van der Waals surface area contributed by atoms with Crippen LogP contribution >= 0.6 is 0 Å². The van der Waals surface area contributed by atoms with Crippen molar-refractivity contribution >= 4 is 11.9 Å². The van der Waals surface area contributed by atoms with E-state index in [0.29, 0.717) is 24.8 Å². The molecule has 0 saturated heterocycles. The highest BCUT2D eigenvalue weighted by Crippen LogP contribution is 2.73. The number of esters is 1. The lowest BCUT2D eigenvalue weighted by Crippen LogP contribution is -2.69. The molecule has 0 bridgehead atoms.